The van der Waals surface area contributed by atoms with Gasteiger partial charge in [-0.25, -0.2) is 4.79 Å². The van der Waals surface area contributed by atoms with E-state index in [1.165, 1.54) is 24.3 Å². The molecule has 0 radical (unpaired) electrons. The molecule has 1 aliphatic heterocycles. The van der Waals surface area contributed by atoms with Crippen molar-refractivity contribution in [3.63, 3.8) is 0 Å². The van der Waals surface area contributed by atoms with Crippen LogP contribution in [0.2, 0.25) is 0 Å². The summed E-state index contributed by atoms with van der Waals surface area (Å²) in [4.78, 5) is 22.5. The highest BCUT2D eigenvalue weighted by Crippen LogP contribution is 2.42. The van der Waals surface area contributed by atoms with E-state index in [0.29, 0.717) is 0 Å². The Morgan fingerprint density at radius 2 is 2.05 bits per heavy atom. The number of amides is 1. The summed E-state index contributed by atoms with van der Waals surface area (Å²) in [6.45, 7) is 1.14. The molecule has 1 aromatic rings. The van der Waals surface area contributed by atoms with E-state index in [-0.39, 0.29) is 17.2 Å². The molecule has 0 fully saturated rings. The largest absolute Gasteiger partial charge is 0.586 e. The molecule has 1 heterocycles. The second-order valence-electron chi connectivity index (χ2n) is 3.98. The fourth-order valence-corrected chi connectivity index (χ4v) is 1.54. The Balaban J connectivity index is 1.93. The van der Waals surface area contributed by atoms with Gasteiger partial charge in [0.2, 0.25) is 0 Å². The van der Waals surface area contributed by atoms with Gasteiger partial charge >= 0.3 is 12.3 Å². The average molecular weight is 299 g/mol. The molecular weight excluding hydrogens is 288 g/mol. The molecule has 1 aromatic carbocycles. The van der Waals surface area contributed by atoms with Gasteiger partial charge in [-0.1, -0.05) is 6.08 Å². The van der Waals surface area contributed by atoms with Gasteiger partial charge in [-0.2, -0.15) is 0 Å². The number of esters is 1. The van der Waals surface area contributed by atoms with Crippen molar-refractivity contribution in [3.8, 4) is 11.5 Å². The monoisotopic (exact) mass is 299 g/mol. The van der Waals surface area contributed by atoms with E-state index in [1.54, 1.807) is 6.92 Å². The fraction of sp³-hybridized carbons (Fsp3) is 0.231. The predicted molar refractivity (Wildman–Crippen MR) is 67.0 cm³/mol. The van der Waals surface area contributed by atoms with Crippen LogP contribution in [0.25, 0.3) is 0 Å². The minimum absolute atomic E-state index is 0.127. The van der Waals surface area contributed by atoms with Crippen LogP contribution in [-0.4, -0.2) is 24.8 Å². The molecule has 21 heavy (non-hydrogen) atoms. The SMILES string of the molecule is C/C=C/C(=O)OCC(=O)Nc1ccc2c(c1)OC(F)(F)O2. The van der Waals surface area contributed by atoms with E-state index >= 15 is 0 Å². The topological polar surface area (TPSA) is 73.9 Å². The number of hydrogen-bond acceptors (Lipinski definition) is 5. The maximum Gasteiger partial charge on any atom is 0.586 e. The van der Waals surface area contributed by atoms with Crippen LogP contribution in [0.3, 0.4) is 0 Å². The van der Waals surface area contributed by atoms with Gasteiger partial charge in [-0.05, 0) is 19.1 Å². The van der Waals surface area contributed by atoms with Crippen LogP contribution in [0.5, 0.6) is 11.5 Å². The number of rotatable bonds is 4. The minimum atomic E-state index is -3.72. The molecule has 0 saturated heterocycles. The van der Waals surface area contributed by atoms with E-state index in [9.17, 15) is 18.4 Å². The van der Waals surface area contributed by atoms with Crippen molar-refractivity contribution in [1.29, 1.82) is 0 Å². The Morgan fingerprint density at radius 1 is 1.33 bits per heavy atom. The summed E-state index contributed by atoms with van der Waals surface area (Å²) in [6.07, 6.45) is -1.08. The predicted octanol–water partition coefficient (Wildman–Crippen LogP) is 2.07. The molecule has 1 aliphatic rings. The smallest absolute Gasteiger partial charge is 0.452 e. The number of benzene rings is 1. The highest BCUT2D eigenvalue weighted by molar-refractivity contribution is 5.94. The number of anilines is 1. The lowest BCUT2D eigenvalue weighted by Gasteiger charge is -2.06. The minimum Gasteiger partial charge on any atom is -0.452 e. The molecule has 0 unspecified atom stereocenters. The lowest BCUT2D eigenvalue weighted by Crippen LogP contribution is -2.25. The van der Waals surface area contributed by atoms with E-state index in [0.717, 1.165) is 6.08 Å². The first-order valence-electron chi connectivity index (χ1n) is 5.89. The van der Waals surface area contributed by atoms with Gasteiger partial charge in [0, 0.05) is 17.8 Å². The summed E-state index contributed by atoms with van der Waals surface area (Å²) in [5.41, 5.74) is 0.210. The van der Waals surface area contributed by atoms with Crippen LogP contribution >= 0.6 is 0 Å². The molecule has 0 atom stereocenters. The summed E-state index contributed by atoms with van der Waals surface area (Å²) in [5.74, 6) is -1.59. The van der Waals surface area contributed by atoms with Crippen molar-refractivity contribution in [2.75, 3.05) is 11.9 Å². The van der Waals surface area contributed by atoms with Gasteiger partial charge in [0.05, 0.1) is 0 Å². The maximum atomic E-state index is 12.8. The highest BCUT2D eigenvalue weighted by Gasteiger charge is 2.43. The van der Waals surface area contributed by atoms with Crippen molar-refractivity contribution in [2.45, 2.75) is 13.2 Å². The van der Waals surface area contributed by atoms with Crippen molar-refractivity contribution >= 4 is 17.6 Å². The zero-order chi connectivity index (χ0) is 15.5. The Bertz CT molecular complexity index is 600. The van der Waals surface area contributed by atoms with E-state index in [4.69, 9.17) is 0 Å². The molecule has 8 heteroatoms. The zero-order valence-electron chi connectivity index (χ0n) is 10.9. The number of halogens is 2. The second-order valence-corrected chi connectivity index (χ2v) is 3.98. The number of hydrogen-bond donors (Lipinski definition) is 1. The lowest BCUT2D eigenvalue weighted by molar-refractivity contribution is -0.286. The molecule has 0 saturated carbocycles. The van der Waals surface area contributed by atoms with Crippen molar-refractivity contribution in [2.24, 2.45) is 0 Å². The summed E-state index contributed by atoms with van der Waals surface area (Å²) in [7, 11) is 0. The average Bonchev–Trinajstić information content (AvgIpc) is 2.70. The van der Waals surface area contributed by atoms with E-state index < -0.39 is 24.8 Å². The highest BCUT2D eigenvalue weighted by atomic mass is 19.3. The van der Waals surface area contributed by atoms with Crippen LogP contribution in [0, 0.1) is 0 Å². The Hall–Kier alpha value is -2.64. The van der Waals surface area contributed by atoms with Crippen LogP contribution < -0.4 is 14.8 Å². The maximum absolute atomic E-state index is 12.8. The third-order valence-electron chi connectivity index (χ3n) is 2.33. The van der Waals surface area contributed by atoms with Gasteiger partial charge in [-0.15, -0.1) is 8.78 Å². The molecule has 1 N–H and O–H groups in total. The van der Waals surface area contributed by atoms with Crippen LogP contribution in [-0.2, 0) is 14.3 Å². The van der Waals surface area contributed by atoms with Gasteiger partial charge < -0.3 is 19.5 Å². The second kappa shape index (κ2) is 5.78. The summed E-state index contributed by atoms with van der Waals surface area (Å²) < 4.78 is 38.7. The first-order valence-corrected chi connectivity index (χ1v) is 5.89. The van der Waals surface area contributed by atoms with Crippen LogP contribution in [0.4, 0.5) is 14.5 Å². The molecule has 0 bridgehead atoms. The zero-order valence-corrected chi connectivity index (χ0v) is 10.9. The number of allylic oxidation sites excluding steroid dienone is 1. The van der Waals surface area contributed by atoms with Crippen LogP contribution in [0.15, 0.2) is 30.4 Å². The molecule has 2 rings (SSSR count). The molecule has 0 aliphatic carbocycles. The Labute approximate surface area is 118 Å². The number of nitrogens with one attached hydrogen (secondary N) is 1. The summed E-state index contributed by atoms with van der Waals surface area (Å²) in [6, 6.07) is 3.77. The first-order chi connectivity index (χ1) is 9.89. The van der Waals surface area contributed by atoms with Crippen LogP contribution in [0.1, 0.15) is 6.92 Å². The Kier molecular flexibility index (Phi) is 4.06. The van der Waals surface area contributed by atoms with Gasteiger partial charge in [0.1, 0.15) is 0 Å². The molecule has 6 nitrogen and oxygen atoms in total. The lowest BCUT2D eigenvalue weighted by atomic mass is 10.3. The molecule has 112 valence electrons. The van der Waals surface area contributed by atoms with Crippen molar-refractivity contribution < 1.29 is 32.6 Å². The normalized spacial score (nSPS) is 15.0. The van der Waals surface area contributed by atoms with E-state index in [2.05, 4.69) is 19.5 Å². The number of fused-ring (bicyclic) bond motifs is 1. The number of alkyl halides is 2. The number of carbonyl (C=O) groups is 2. The molecule has 0 aromatic heterocycles. The van der Waals surface area contributed by atoms with Crippen molar-refractivity contribution in [3.05, 3.63) is 30.4 Å². The molecule has 1 amide bonds. The van der Waals surface area contributed by atoms with Gasteiger partial charge in [0.15, 0.2) is 18.1 Å². The number of ether oxygens (including phenoxy) is 3. The van der Waals surface area contributed by atoms with Gasteiger partial charge in [-0.3, -0.25) is 4.79 Å². The first kappa shape index (κ1) is 14.8. The molecular formula is C13H11F2NO5. The standard InChI is InChI=1S/C13H11F2NO5/c1-2-3-12(18)19-7-11(17)16-8-4-5-9-10(6-8)21-13(14,15)20-9/h2-6H,7H2,1H3,(H,16,17)/b3-2+. The van der Waals surface area contributed by atoms with Gasteiger partial charge in [0.25, 0.3) is 5.91 Å². The summed E-state index contributed by atoms with van der Waals surface area (Å²) >= 11 is 0. The van der Waals surface area contributed by atoms with E-state index in [1.807, 2.05) is 0 Å². The number of carbonyl (C=O) groups excluding carboxylic acids is 2. The Morgan fingerprint density at radius 3 is 2.76 bits per heavy atom. The quantitative estimate of drug-likeness (QED) is 0.680. The third-order valence-corrected chi connectivity index (χ3v) is 2.33. The van der Waals surface area contributed by atoms with Crippen molar-refractivity contribution in [1.82, 2.24) is 0 Å². The third kappa shape index (κ3) is 3.91. The molecule has 0 spiro atoms. The fourth-order valence-electron chi connectivity index (χ4n) is 1.54. The summed E-state index contributed by atoms with van der Waals surface area (Å²) in [5, 5.41) is 2.38.